The summed E-state index contributed by atoms with van der Waals surface area (Å²) in [6.07, 6.45) is 0. The minimum absolute atomic E-state index is 0.577. The Morgan fingerprint density at radius 3 is 1.36 bits per heavy atom. The molecule has 0 aliphatic heterocycles. The third-order valence-electron chi connectivity index (χ3n) is 4.72. The Bertz CT molecular complexity index is 1120. The number of benzene rings is 2. The van der Waals surface area contributed by atoms with E-state index in [4.69, 9.17) is 5.84 Å². The van der Waals surface area contributed by atoms with Crippen LogP contribution in [0, 0.1) is 0 Å². The van der Waals surface area contributed by atoms with Gasteiger partial charge in [-0.2, -0.15) is 0 Å². The number of aromatic amines is 2. The number of nitrogens with one attached hydrogen (secondary N) is 2. The number of hydrogen-bond acceptors (Lipinski definition) is 3. The first kappa shape index (κ1) is 16.1. The van der Waals surface area contributed by atoms with E-state index >= 15 is 0 Å². The summed E-state index contributed by atoms with van der Waals surface area (Å²) in [5, 5.41) is 8.58. The highest BCUT2D eigenvalue weighted by Crippen LogP contribution is 2.27. The average molecular weight is 366 g/mol. The topological polar surface area (TPSA) is 88.3 Å². The molecule has 0 fully saturated rings. The first-order chi connectivity index (χ1) is 13.8. The van der Waals surface area contributed by atoms with Crippen LogP contribution in [-0.4, -0.2) is 24.8 Å². The van der Waals surface area contributed by atoms with Crippen molar-refractivity contribution in [3.8, 4) is 45.6 Å². The van der Waals surface area contributed by atoms with Crippen LogP contribution in [0.15, 0.2) is 84.9 Å². The van der Waals surface area contributed by atoms with E-state index in [2.05, 4.69) is 44.4 Å². The SMILES string of the molecule is Nn1c(-c2ccc(-c3ccccc3)[nH]2)nnc1-c1ccc(-c2ccccc2)[nH]1. The molecule has 0 aliphatic rings. The van der Waals surface area contributed by atoms with Crippen molar-refractivity contribution < 1.29 is 0 Å². The van der Waals surface area contributed by atoms with Crippen LogP contribution in [-0.2, 0) is 0 Å². The lowest BCUT2D eigenvalue weighted by molar-refractivity contribution is 1.00. The number of nitrogens with two attached hydrogens (primary N) is 1. The number of aromatic nitrogens is 5. The Kier molecular flexibility index (Phi) is 3.80. The summed E-state index contributed by atoms with van der Waals surface area (Å²) in [7, 11) is 0. The van der Waals surface area contributed by atoms with Crippen molar-refractivity contribution in [1.29, 1.82) is 0 Å². The molecular weight excluding hydrogens is 348 g/mol. The van der Waals surface area contributed by atoms with Gasteiger partial charge in [0.05, 0.1) is 11.4 Å². The molecule has 28 heavy (non-hydrogen) atoms. The minimum atomic E-state index is 0.577. The smallest absolute Gasteiger partial charge is 0.199 e. The molecule has 3 aromatic heterocycles. The van der Waals surface area contributed by atoms with E-state index in [-0.39, 0.29) is 0 Å². The molecule has 6 nitrogen and oxygen atoms in total. The third kappa shape index (κ3) is 2.77. The highest BCUT2D eigenvalue weighted by Gasteiger charge is 2.16. The van der Waals surface area contributed by atoms with Crippen LogP contribution < -0.4 is 5.84 Å². The van der Waals surface area contributed by atoms with Crippen molar-refractivity contribution in [2.75, 3.05) is 5.84 Å². The van der Waals surface area contributed by atoms with E-state index in [0.29, 0.717) is 11.6 Å². The molecule has 0 saturated carbocycles. The zero-order valence-electron chi connectivity index (χ0n) is 15.0. The van der Waals surface area contributed by atoms with Gasteiger partial charge in [-0.3, -0.25) is 0 Å². The molecule has 6 heteroatoms. The van der Waals surface area contributed by atoms with Crippen molar-refractivity contribution in [3.05, 3.63) is 84.9 Å². The molecule has 0 bridgehead atoms. The average Bonchev–Trinajstić information content (AvgIpc) is 3.49. The fraction of sp³-hybridized carbons (Fsp3) is 0. The van der Waals surface area contributed by atoms with Gasteiger partial charge in [-0.15, -0.1) is 10.2 Å². The summed E-state index contributed by atoms with van der Waals surface area (Å²) in [6, 6.07) is 28.2. The van der Waals surface area contributed by atoms with Crippen molar-refractivity contribution in [2.45, 2.75) is 0 Å². The lowest BCUT2D eigenvalue weighted by Gasteiger charge is -2.02. The van der Waals surface area contributed by atoms with Gasteiger partial charge in [-0.1, -0.05) is 60.7 Å². The summed E-state index contributed by atoms with van der Waals surface area (Å²) < 4.78 is 1.50. The Morgan fingerprint density at radius 2 is 0.929 bits per heavy atom. The van der Waals surface area contributed by atoms with E-state index in [9.17, 15) is 0 Å². The lowest BCUT2D eigenvalue weighted by atomic mass is 10.2. The van der Waals surface area contributed by atoms with Crippen LogP contribution in [0.1, 0.15) is 0 Å². The van der Waals surface area contributed by atoms with Gasteiger partial charge in [0.2, 0.25) is 0 Å². The molecule has 0 spiro atoms. The molecule has 0 radical (unpaired) electrons. The van der Waals surface area contributed by atoms with Crippen LogP contribution in [0.4, 0.5) is 0 Å². The number of nitrogen functional groups attached to an aromatic ring is 1. The predicted octanol–water partition coefficient (Wildman–Crippen LogP) is 4.32. The van der Waals surface area contributed by atoms with E-state index in [1.165, 1.54) is 4.68 Å². The fourth-order valence-corrected chi connectivity index (χ4v) is 3.28. The van der Waals surface area contributed by atoms with Crippen molar-refractivity contribution in [2.24, 2.45) is 0 Å². The Labute approximate surface area is 161 Å². The largest absolute Gasteiger partial charge is 0.352 e. The normalized spacial score (nSPS) is 11.0. The fourth-order valence-electron chi connectivity index (χ4n) is 3.28. The van der Waals surface area contributed by atoms with Crippen molar-refractivity contribution in [3.63, 3.8) is 0 Å². The van der Waals surface area contributed by atoms with Gasteiger partial charge in [-0.05, 0) is 35.4 Å². The molecule has 136 valence electrons. The summed E-state index contributed by atoms with van der Waals surface area (Å²) >= 11 is 0. The minimum Gasteiger partial charge on any atom is -0.352 e. The Balaban J connectivity index is 1.48. The lowest BCUT2D eigenvalue weighted by Crippen LogP contribution is -2.12. The van der Waals surface area contributed by atoms with Gasteiger partial charge in [0.25, 0.3) is 0 Å². The van der Waals surface area contributed by atoms with Gasteiger partial charge < -0.3 is 15.8 Å². The number of rotatable bonds is 4. The van der Waals surface area contributed by atoms with Crippen LogP contribution in [0.3, 0.4) is 0 Å². The van der Waals surface area contributed by atoms with Gasteiger partial charge >= 0.3 is 0 Å². The van der Waals surface area contributed by atoms with Gasteiger partial charge in [0.15, 0.2) is 11.6 Å². The molecule has 0 amide bonds. The molecule has 5 rings (SSSR count). The van der Waals surface area contributed by atoms with Crippen molar-refractivity contribution >= 4 is 0 Å². The number of H-pyrrole nitrogens is 2. The summed E-state index contributed by atoms with van der Waals surface area (Å²) in [5.74, 6) is 7.47. The molecule has 2 aromatic carbocycles. The zero-order valence-corrected chi connectivity index (χ0v) is 15.0. The monoisotopic (exact) mass is 366 g/mol. The maximum atomic E-state index is 6.31. The van der Waals surface area contributed by atoms with Crippen LogP contribution >= 0.6 is 0 Å². The third-order valence-corrected chi connectivity index (χ3v) is 4.72. The second kappa shape index (κ2) is 6.59. The molecular formula is C22H18N6. The van der Waals surface area contributed by atoms with Gasteiger partial charge in [0, 0.05) is 11.4 Å². The van der Waals surface area contributed by atoms with Crippen molar-refractivity contribution in [1.82, 2.24) is 24.8 Å². The highest BCUT2D eigenvalue weighted by molar-refractivity contribution is 5.68. The van der Waals surface area contributed by atoms with Gasteiger partial charge in [-0.25, -0.2) is 4.68 Å². The van der Waals surface area contributed by atoms with E-state index in [1.54, 1.807) is 0 Å². The van der Waals surface area contributed by atoms with E-state index in [0.717, 1.165) is 33.9 Å². The molecule has 4 N–H and O–H groups in total. The summed E-state index contributed by atoms with van der Waals surface area (Å²) in [5.41, 5.74) is 5.85. The molecule has 0 atom stereocenters. The quantitative estimate of drug-likeness (QED) is 0.414. The van der Waals surface area contributed by atoms with E-state index < -0.39 is 0 Å². The van der Waals surface area contributed by atoms with Crippen LogP contribution in [0.25, 0.3) is 45.6 Å². The number of hydrogen-bond donors (Lipinski definition) is 3. The zero-order chi connectivity index (χ0) is 18.9. The maximum absolute atomic E-state index is 6.31. The molecule has 0 unspecified atom stereocenters. The molecule has 3 heterocycles. The first-order valence-electron chi connectivity index (χ1n) is 9.00. The Hall–Kier alpha value is -4.06. The van der Waals surface area contributed by atoms with Crippen LogP contribution in [0.2, 0.25) is 0 Å². The summed E-state index contributed by atoms with van der Waals surface area (Å²) in [6.45, 7) is 0. The molecule has 5 aromatic rings. The maximum Gasteiger partial charge on any atom is 0.199 e. The predicted molar refractivity (Wildman–Crippen MR) is 111 cm³/mol. The molecule has 0 aliphatic carbocycles. The standard InChI is InChI=1S/C22H18N6/c23-28-21(19-13-11-17(24-19)15-7-3-1-4-8-15)26-27-22(28)20-14-12-18(25-20)16-9-5-2-6-10-16/h1-14,24-25H,23H2. The number of nitrogens with zero attached hydrogens (tertiary/aromatic N) is 3. The second-order valence-electron chi connectivity index (χ2n) is 6.52. The molecule has 0 saturated heterocycles. The Morgan fingerprint density at radius 1 is 0.536 bits per heavy atom. The van der Waals surface area contributed by atoms with Gasteiger partial charge in [0.1, 0.15) is 0 Å². The summed E-state index contributed by atoms with van der Waals surface area (Å²) in [4.78, 5) is 6.74. The second-order valence-corrected chi connectivity index (χ2v) is 6.52. The highest BCUT2D eigenvalue weighted by atomic mass is 15.4. The first-order valence-corrected chi connectivity index (χ1v) is 9.00. The van der Waals surface area contributed by atoms with E-state index in [1.807, 2.05) is 60.7 Å². The van der Waals surface area contributed by atoms with Crippen LogP contribution in [0.5, 0.6) is 0 Å².